The van der Waals surface area contributed by atoms with Crippen LogP contribution < -0.4 is 11.1 Å². The number of benzene rings is 1. The number of ether oxygens (including phenoxy) is 1. The van der Waals surface area contributed by atoms with Gasteiger partial charge in [-0.05, 0) is 41.0 Å². The number of alkyl carbamates (subject to hydrolysis) is 1. The number of carbonyl (C=O) groups excluding carboxylic acids is 1. The van der Waals surface area contributed by atoms with Crippen LogP contribution in [-0.4, -0.2) is 32.2 Å². The number of rotatable bonds is 5. The summed E-state index contributed by atoms with van der Waals surface area (Å²) in [4.78, 5) is 21.2. The quantitative estimate of drug-likeness (QED) is 0.514. The van der Waals surface area contributed by atoms with E-state index in [1.807, 2.05) is 30.3 Å². The second-order valence-corrected chi connectivity index (χ2v) is 8.41. The molecule has 0 aliphatic heterocycles. The summed E-state index contributed by atoms with van der Waals surface area (Å²) in [6, 6.07) is 9.64. The molecule has 3 N–H and O–H groups in total. The van der Waals surface area contributed by atoms with Gasteiger partial charge in [-0.25, -0.2) is 19.3 Å². The molecule has 1 fully saturated rings. The van der Waals surface area contributed by atoms with Crippen molar-refractivity contribution in [1.82, 2.24) is 24.9 Å². The van der Waals surface area contributed by atoms with Crippen LogP contribution in [0.2, 0.25) is 0 Å². The average Bonchev–Trinajstić information content (AvgIpc) is 3.10. The monoisotopic (exact) mass is 506 g/mol. The lowest BCUT2D eigenvalue weighted by Gasteiger charge is -2.35. The smallest absolute Gasteiger partial charge is 0.407 e. The van der Waals surface area contributed by atoms with E-state index < -0.39 is 6.09 Å². The maximum atomic E-state index is 12.3. The summed E-state index contributed by atoms with van der Waals surface area (Å²) in [7, 11) is 0. The molecule has 2 heterocycles. The molecule has 4 rings (SSSR count). The number of nitrogen functional groups attached to an aromatic ring is 1. The number of nitrogens with two attached hydrogens (primary N) is 1. The number of nitrogens with zero attached hydrogens (tertiary/aromatic N) is 4. The van der Waals surface area contributed by atoms with Crippen molar-refractivity contribution in [1.29, 1.82) is 0 Å². The van der Waals surface area contributed by atoms with E-state index >= 15 is 0 Å². The number of amides is 1. The number of carbonyl (C=O) groups is 1. The molecule has 29 heavy (non-hydrogen) atoms. The Bertz CT molecular complexity index is 1000. The number of hydrogen-bond acceptors (Lipinski definition) is 6. The van der Waals surface area contributed by atoms with Crippen LogP contribution >= 0.6 is 22.6 Å². The highest BCUT2D eigenvalue weighted by Gasteiger charge is 2.39. The molecule has 1 aliphatic carbocycles. The number of hydrogen-bond donors (Lipinski definition) is 2. The Kier molecular flexibility index (Phi) is 5.84. The van der Waals surface area contributed by atoms with Gasteiger partial charge in [-0.1, -0.05) is 49.6 Å². The topological polar surface area (TPSA) is 107 Å². The van der Waals surface area contributed by atoms with Gasteiger partial charge in [0, 0.05) is 12.0 Å². The lowest BCUT2D eigenvalue weighted by molar-refractivity contribution is 0.134. The van der Waals surface area contributed by atoms with Gasteiger partial charge >= 0.3 is 6.09 Å². The molecule has 1 saturated carbocycles. The minimum absolute atomic E-state index is 0.244. The van der Waals surface area contributed by atoms with E-state index in [4.69, 9.17) is 15.5 Å². The van der Waals surface area contributed by atoms with Crippen molar-refractivity contribution in [3.05, 3.63) is 51.7 Å². The highest BCUT2D eigenvalue weighted by atomic mass is 127. The normalized spacial score (nSPS) is 15.9. The number of nitrogens with one attached hydrogen (secondary N) is 1. The first kappa shape index (κ1) is 19.9. The molecule has 3 aromatic rings. The minimum Gasteiger partial charge on any atom is -0.445 e. The van der Waals surface area contributed by atoms with E-state index in [-0.39, 0.29) is 12.0 Å². The van der Waals surface area contributed by atoms with Crippen molar-refractivity contribution in [2.45, 2.75) is 44.1 Å². The zero-order valence-electron chi connectivity index (χ0n) is 16.0. The van der Waals surface area contributed by atoms with Crippen LogP contribution in [0.3, 0.4) is 0 Å². The fraction of sp³-hybridized carbons (Fsp3) is 0.400. The fourth-order valence-electron chi connectivity index (χ4n) is 3.98. The Morgan fingerprint density at radius 3 is 2.76 bits per heavy atom. The Morgan fingerprint density at radius 1 is 1.24 bits per heavy atom. The molecule has 0 saturated heterocycles. The van der Waals surface area contributed by atoms with Gasteiger partial charge in [0.05, 0.1) is 0 Å². The molecular formula is C20H23IN6O2. The van der Waals surface area contributed by atoms with Gasteiger partial charge in [0.25, 0.3) is 0 Å². The third-order valence-corrected chi connectivity index (χ3v) is 6.24. The van der Waals surface area contributed by atoms with Gasteiger partial charge in [0.2, 0.25) is 0 Å². The first-order valence-corrected chi connectivity index (χ1v) is 10.8. The van der Waals surface area contributed by atoms with Crippen LogP contribution in [0.15, 0.2) is 36.7 Å². The Hall–Kier alpha value is -2.43. The summed E-state index contributed by atoms with van der Waals surface area (Å²) in [5.74, 6) is 1.23. The first-order valence-electron chi connectivity index (χ1n) is 9.69. The molecule has 2 aromatic heterocycles. The number of halogens is 1. The SMILES string of the molecule is Nc1ncnn2c(C3(CNC(=O)OCc4ccccc4)CCCCC3)nc(I)c12. The zero-order valence-corrected chi connectivity index (χ0v) is 18.1. The fourth-order valence-corrected chi connectivity index (χ4v) is 4.71. The number of fused-ring (bicyclic) bond motifs is 1. The molecule has 8 nitrogen and oxygen atoms in total. The molecule has 0 bridgehead atoms. The molecule has 0 unspecified atom stereocenters. The average molecular weight is 506 g/mol. The highest BCUT2D eigenvalue weighted by molar-refractivity contribution is 14.1. The van der Waals surface area contributed by atoms with Gasteiger partial charge < -0.3 is 15.8 Å². The van der Waals surface area contributed by atoms with Crippen molar-refractivity contribution in [3.8, 4) is 0 Å². The van der Waals surface area contributed by atoms with Crippen LogP contribution in [0.1, 0.15) is 43.5 Å². The standard InChI is InChI=1S/C20H23IN6O2/c21-16-15-17(22)24-13-25-27(15)18(26-16)20(9-5-2-6-10-20)12-23-19(28)29-11-14-7-3-1-4-8-14/h1,3-4,7-8,13H,2,5-6,9-12H2,(H,23,28)(H2,22,24,25). The largest absolute Gasteiger partial charge is 0.445 e. The van der Waals surface area contributed by atoms with E-state index in [0.29, 0.717) is 12.4 Å². The Morgan fingerprint density at radius 2 is 2.00 bits per heavy atom. The highest BCUT2D eigenvalue weighted by Crippen LogP contribution is 2.39. The van der Waals surface area contributed by atoms with Crippen LogP contribution in [0, 0.1) is 3.70 Å². The summed E-state index contributed by atoms with van der Waals surface area (Å²) < 4.78 is 7.94. The molecule has 1 aromatic carbocycles. The summed E-state index contributed by atoms with van der Waals surface area (Å²) in [6.45, 7) is 0.688. The van der Waals surface area contributed by atoms with Crippen LogP contribution in [-0.2, 0) is 16.8 Å². The van der Waals surface area contributed by atoms with Crippen molar-refractivity contribution < 1.29 is 9.53 Å². The zero-order chi connectivity index (χ0) is 20.3. The van der Waals surface area contributed by atoms with Gasteiger partial charge in [0.15, 0.2) is 5.82 Å². The van der Waals surface area contributed by atoms with E-state index in [2.05, 4.69) is 38.0 Å². The summed E-state index contributed by atoms with van der Waals surface area (Å²) in [5.41, 5.74) is 7.42. The predicted molar refractivity (Wildman–Crippen MR) is 117 cm³/mol. The van der Waals surface area contributed by atoms with E-state index in [0.717, 1.165) is 46.3 Å². The molecule has 0 radical (unpaired) electrons. The first-order chi connectivity index (χ1) is 14.1. The van der Waals surface area contributed by atoms with Gasteiger partial charge in [-0.2, -0.15) is 5.10 Å². The summed E-state index contributed by atoms with van der Waals surface area (Å²) in [5, 5.41) is 7.36. The van der Waals surface area contributed by atoms with Crippen molar-refractivity contribution >= 4 is 40.0 Å². The minimum atomic E-state index is -0.427. The van der Waals surface area contributed by atoms with Crippen LogP contribution in [0.4, 0.5) is 10.6 Å². The summed E-state index contributed by atoms with van der Waals surface area (Å²) >= 11 is 2.16. The van der Waals surface area contributed by atoms with Gasteiger partial charge in [-0.15, -0.1) is 0 Å². The second-order valence-electron chi connectivity index (χ2n) is 7.39. The Labute approximate surface area is 182 Å². The Balaban J connectivity index is 1.53. The molecular weight excluding hydrogens is 483 g/mol. The number of anilines is 1. The summed E-state index contributed by atoms with van der Waals surface area (Å²) in [6.07, 6.45) is 6.19. The van der Waals surface area contributed by atoms with Crippen molar-refractivity contribution in [2.24, 2.45) is 0 Å². The lowest BCUT2D eigenvalue weighted by atomic mass is 9.73. The lowest BCUT2D eigenvalue weighted by Crippen LogP contribution is -2.43. The second kappa shape index (κ2) is 8.52. The van der Waals surface area contributed by atoms with Crippen molar-refractivity contribution in [2.75, 3.05) is 12.3 Å². The molecule has 9 heteroatoms. The molecule has 152 valence electrons. The van der Waals surface area contributed by atoms with Gasteiger partial charge in [-0.3, -0.25) is 0 Å². The van der Waals surface area contributed by atoms with E-state index in [1.54, 1.807) is 4.52 Å². The maximum Gasteiger partial charge on any atom is 0.407 e. The molecule has 1 aliphatic rings. The third-order valence-electron chi connectivity index (χ3n) is 5.49. The third kappa shape index (κ3) is 4.14. The van der Waals surface area contributed by atoms with E-state index in [9.17, 15) is 4.79 Å². The van der Waals surface area contributed by atoms with E-state index in [1.165, 1.54) is 12.7 Å². The molecule has 0 atom stereocenters. The molecule has 0 spiro atoms. The van der Waals surface area contributed by atoms with Gasteiger partial charge in [0.1, 0.15) is 28.0 Å². The number of imidazole rings is 1. The van der Waals surface area contributed by atoms with Crippen molar-refractivity contribution in [3.63, 3.8) is 0 Å². The van der Waals surface area contributed by atoms with Crippen LogP contribution in [0.25, 0.3) is 5.52 Å². The van der Waals surface area contributed by atoms with Crippen LogP contribution in [0.5, 0.6) is 0 Å². The predicted octanol–water partition coefficient (Wildman–Crippen LogP) is 3.44. The number of aromatic nitrogens is 4. The molecule has 1 amide bonds. The maximum absolute atomic E-state index is 12.3.